The molecule has 0 aliphatic carbocycles. The summed E-state index contributed by atoms with van der Waals surface area (Å²) in [6, 6.07) is 15.8. The van der Waals surface area contributed by atoms with Crippen LogP contribution in [0.25, 0.3) is 10.9 Å². The molecular weight excluding hydrogens is 382 g/mol. The second kappa shape index (κ2) is 10.2. The molecule has 1 heterocycles. The van der Waals surface area contributed by atoms with E-state index in [1.54, 1.807) is 6.20 Å². The summed E-state index contributed by atoms with van der Waals surface area (Å²) in [6.45, 7) is 4.49. The predicted octanol–water partition coefficient (Wildman–Crippen LogP) is 4.43. The first-order chi connectivity index (χ1) is 14.1. The Bertz CT molecular complexity index is 1010. The third-order valence-electron chi connectivity index (χ3n) is 4.61. The van der Waals surface area contributed by atoms with Crippen LogP contribution in [0.4, 0.5) is 11.4 Å². The van der Waals surface area contributed by atoms with Gasteiger partial charge in [-0.2, -0.15) is 0 Å². The van der Waals surface area contributed by atoms with Gasteiger partial charge in [-0.1, -0.05) is 31.2 Å². The number of hydrogen-bond acceptors (Lipinski definition) is 4. The van der Waals surface area contributed by atoms with E-state index < -0.39 is 10.8 Å². The van der Waals surface area contributed by atoms with Gasteiger partial charge in [-0.25, -0.2) is 0 Å². The molecule has 0 bridgehead atoms. The van der Waals surface area contributed by atoms with E-state index in [1.165, 1.54) is 0 Å². The molecule has 0 aliphatic heterocycles. The normalized spacial score (nSPS) is 11.9. The quantitative estimate of drug-likeness (QED) is 0.548. The minimum absolute atomic E-state index is 0.158. The van der Waals surface area contributed by atoms with Gasteiger partial charge < -0.3 is 10.6 Å². The fourth-order valence-electron chi connectivity index (χ4n) is 3.19. The van der Waals surface area contributed by atoms with Crippen molar-refractivity contribution in [3.63, 3.8) is 0 Å². The van der Waals surface area contributed by atoms with Gasteiger partial charge in [0.15, 0.2) is 0 Å². The molecule has 0 aliphatic rings. The molecule has 0 spiro atoms. The number of rotatable bonds is 9. The smallest absolute Gasteiger partial charge is 0.254 e. The average molecular weight is 410 g/mol. The van der Waals surface area contributed by atoms with Crippen LogP contribution in [0.15, 0.2) is 54.7 Å². The van der Waals surface area contributed by atoms with Crippen LogP contribution in [0, 0.1) is 0 Å². The van der Waals surface area contributed by atoms with Crippen molar-refractivity contribution in [2.75, 3.05) is 23.4 Å². The number of carbonyl (C=O) groups excluding carboxylic acids is 1. The highest BCUT2D eigenvalue weighted by molar-refractivity contribution is 7.84. The van der Waals surface area contributed by atoms with E-state index in [9.17, 15) is 9.00 Å². The third kappa shape index (κ3) is 5.41. The summed E-state index contributed by atoms with van der Waals surface area (Å²) in [7, 11) is -0.801. The SMILES string of the molecule is CCCS(=O)CCc1ccc2ncc(C(=O)NCC)c(Nc3ccccc3)c2c1. The van der Waals surface area contributed by atoms with Gasteiger partial charge in [-0.05, 0) is 49.6 Å². The zero-order valence-corrected chi connectivity index (χ0v) is 17.7. The number of nitrogens with zero attached hydrogens (tertiary/aromatic N) is 1. The molecule has 0 saturated carbocycles. The van der Waals surface area contributed by atoms with Crippen molar-refractivity contribution in [2.45, 2.75) is 26.7 Å². The fourth-order valence-corrected chi connectivity index (χ4v) is 4.31. The largest absolute Gasteiger partial charge is 0.354 e. The number of hydrogen-bond donors (Lipinski definition) is 2. The van der Waals surface area contributed by atoms with Crippen molar-refractivity contribution < 1.29 is 9.00 Å². The second-order valence-corrected chi connectivity index (χ2v) is 8.54. The number of aryl methyl sites for hydroxylation is 1. The number of nitrogens with one attached hydrogen (secondary N) is 2. The topological polar surface area (TPSA) is 71.1 Å². The number of aromatic nitrogens is 1. The highest BCUT2D eigenvalue weighted by Gasteiger charge is 2.16. The summed E-state index contributed by atoms with van der Waals surface area (Å²) in [6.07, 6.45) is 3.28. The molecule has 6 heteroatoms. The molecule has 1 aromatic heterocycles. The highest BCUT2D eigenvalue weighted by Crippen LogP contribution is 2.30. The lowest BCUT2D eigenvalue weighted by molar-refractivity contribution is 0.0956. The molecule has 2 aromatic carbocycles. The molecule has 3 rings (SSSR count). The van der Waals surface area contributed by atoms with E-state index in [0.717, 1.165) is 46.4 Å². The zero-order valence-electron chi connectivity index (χ0n) is 16.9. The number of fused-ring (bicyclic) bond motifs is 1. The van der Waals surface area contributed by atoms with Crippen LogP contribution >= 0.6 is 0 Å². The maximum Gasteiger partial charge on any atom is 0.254 e. The van der Waals surface area contributed by atoms with Crippen LogP contribution in [-0.2, 0) is 17.2 Å². The molecule has 5 nitrogen and oxygen atoms in total. The monoisotopic (exact) mass is 409 g/mol. The Morgan fingerprint density at radius 3 is 2.59 bits per heavy atom. The summed E-state index contributed by atoms with van der Waals surface area (Å²) in [5.41, 5.74) is 4.06. The van der Waals surface area contributed by atoms with Crippen LogP contribution in [-0.4, -0.2) is 33.2 Å². The number of pyridine rings is 1. The Morgan fingerprint density at radius 1 is 1.07 bits per heavy atom. The molecule has 152 valence electrons. The molecule has 0 saturated heterocycles. The molecular formula is C23H27N3O2S. The van der Waals surface area contributed by atoms with Gasteiger partial charge in [0.25, 0.3) is 5.91 Å². The first-order valence-corrected chi connectivity index (χ1v) is 11.5. The van der Waals surface area contributed by atoms with Gasteiger partial charge in [-0.3, -0.25) is 14.0 Å². The molecule has 0 radical (unpaired) electrons. The van der Waals surface area contributed by atoms with E-state index in [4.69, 9.17) is 0 Å². The number of amides is 1. The van der Waals surface area contributed by atoms with Crippen LogP contribution < -0.4 is 10.6 Å². The number of anilines is 2. The lowest BCUT2D eigenvalue weighted by Crippen LogP contribution is -2.24. The Morgan fingerprint density at radius 2 is 1.86 bits per heavy atom. The molecule has 1 unspecified atom stereocenters. The van der Waals surface area contributed by atoms with Crippen molar-refractivity contribution in [1.29, 1.82) is 0 Å². The average Bonchev–Trinajstić information content (AvgIpc) is 2.73. The van der Waals surface area contributed by atoms with E-state index in [2.05, 4.69) is 21.7 Å². The molecule has 0 fully saturated rings. The van der Waals surface area contributed by atoms with Gasteiger partial charge in [0.1, 0.15) is 0 Å². The first-order valence-electron chi connectivity index (χ1n) is 9.99. The second-order valence-electron chi connectivity index (χ2n) is 6.85. The van der Waals surface area contributed by atoms with E-state index in [-0.39, 0.29) is 5.91 Å². The molecule has 3 aromatic rings. The summed E-state index contributed by atoms with van der Waals surface area (Å²) in [5.74, 6) is 1.22. The van der Waals surface area contributed by atoms with E-state index >= 15 is 0 Å². The third-order valence-corrected chi connectivity index (χ3v) is 6.13. The van der Waals surface area contributed by atoms with Gasteiger partial charge in [0.2, 0.25) is 0 Å². The van der Waals surface area contributed by atoms with Gasteiger partial charge in [0, 0.05) is 46.1 Å². The maximum atomic E-state index is 12.6. The molecule has 1 atom stereocenters. The predicted molar refractivity (Wildman–Crippen MR) is 121 cm³/mol. The lowest BCUT2D eigenvalue weighted by atomic mass is 10.0. The summed E-state index contributed by atoms with van der Waals surface area (Å²) < 4.78 is 12.0. The number of benzene rings is 2. The van der Waals surface area contributed by atoms with E-state index in [1.807, 2.05) is 56.3 Å². The maximum absolute atomic E-state index is 12.6. The summed E-state index contributed by atoms with van der Waals surface area (Å²) >= 11 is 0. The fraction of sp³-hybridized carbons (Fsp3) is 0.304. The minimum Gasteiger partial charge on any atom is -0.354 e. The van der Waals surface area contributed by atoms with Gasteiger partial charge in [-0.15, -0.1) is 0 Å². The summed E-state index contributed by atoms with van der Waals surface area (Å²) in [5, 5.41) is 7.15. The molecule has 29 heavy (non-hydrogen) atoms. The Kier molecular flexibility index (Phi) is 7.36. The molecule has 2 N–H and O–H groups in total. The Balaban J connectivity index is 2.02. The summed E-state index contributed by atoms with van der Waals surface area (Å²) in [4.78, 5) is 17.1. The van der Waals surface area contributed by atoms with Crippen molar-refractivity contribution in [3.05, 3.63) is 65.9 Å². The Labute approximate surface area is 174 Å². The van der Waals surface area contributed by atoms with Crippen LogP contribution in [0.1, 0.15) is 36.2 Å². The standard InChI is InChI=1S/C23H27N3O2S/c1-3-13-29(28)14-12-17-10-11-21-19(15-17)22(26-18-8-6-5-7-9-18)20(16-25-21)23(27)24-4-2/h5-11,15-16H,3-4,12-14H2,1-2H3,(H,24,27)(H,25,26). The molecule has 1 amide bonds. The van der Waals surface area contributed by atoms with Crippen LogP contribution in [0.3, 0.4) is 0 Å². The van der Waals surface area contributed by atoms with Crippen LogP contribution in [0.2, 0.25) is 0 Å². The zero-order chi connectivity index (χ0) is 20.6. The van der Waals surface area contributed by atoms with Crippen LogP contribution in [0.5, 0.6) is 0 Å². The number of carbonyl (C=O) groups is 1. The van der Waals surface area contributed by atoms with Crippen molar-refractivity contribution in [3.8, 4) is 0 Å². The van der Waals surface area contributed by atoms with Crippen molar-refractivity contribution in [1.82, 2.24) is 10.3 Å². The Hall–Kier alpha value is -2.73. The van der Waals surface area contributed by atoms with Gasteiger partial charge >= 0.3 is 0 Å². The minimum atomic E-state index is -0.801. The van der Waals surface area contributed by atoms with Crippen molar-refractivity contribution >= 4 is 39.0 Å². The first kappa shape index (κ1) is 21.0. The highest BCUT2D eigenvalue weighted by atomic mass is 32.2. The lowest BCUT2D eigenvalue weighted by Gasteiger charge is -2.15. The van der Waals surface area contributed by atoms with Crippen molar-refractivity contribution in [2.24, 2.45) is 0 Å². The van der Waals surface area contributed by atoms with E-state index in [0.29, 0.717) is 17.9 Å². The number of para-hydroxylation sites is 1. The van der Waals surface area contributed by atoms with Gasteiger partial charge in [0.05, 0.1) is 16.8 Å².